The number of thioether (sulfide) groups is 1. The number of benzene rings is 2. The average molecular weight is 395 g/mol. The summed E-state index contributed by atoms with van der Waals surface area (Å²) in [6, 6.07) is 15.8. The van der Waals surface area contributed by atoms with E-state index in [1.807, 2.05) is 54.3 Å². The van der Waals surface area contributed by atoms with Crippen LogP contribution in [0.15, 0.2) is 58.2 Å². The molecule has 0 unspecified atom stereocenters. The number of aromatic nitrogens is 2. The highest BCUT2D eigenvalue weighted by atomic mass is 32.2. The summed E-state index contributed by atoms with van der Waals surface area (Å²) in [6.07, 6.45) is 2.00. The number of carbonyl (C=O) groups excluding carboxylic acids is 1. The Morgan fingerprint density at radius 1 is 1.18 bits per heavy atom. The molecule has 0 atom stereocenters. The van der Waals surface area contributed by atoms with Gasteiger partial charge in [-0.2, -0.15) is 0 Å². The van der Waals surface area contributed by atoms with Crippen LogP contribution in [0.3, 0.4) is 0 Å². The van der Waals surface area contributed by atoms with Crippen LogP contribution in [0.25, 0.3) is 0 Å². The number of para-hydroxylation sites is 2. The van der Waals surface area contributed by atoms with Crippen molar-refractivity contribution in [2.75, 3.05) is 17.2 Å². The van der Waals surface area contributed by atoms with E-state index in [2.05, 4.69) is 16.3 Å². The Balaban J connectivity index is 1.32. The maximum Gasteiger partial charge on any atom is 0.277 e. The van der Waals surface area contributed by atoms with Crippen LogP contribution in [0.1, 0.15) is 23.4 Å². The Labute approximate surface area is 167 Å². The Kier molecular flexibility index (Phi) is 5.62. The van der Waals surface area contributed by atoms with Gasteiger partial charge in [-0.1, -0.05) is 48.2 Å². The molecule has 1 aromatic heterocycles. The van der Waals surface area contributed by atoms with E-state index in [1.165, 1.54) is 17.3 Å². The first-order valence-corrected chi connectivity index (χ1v) is 10.2. The topological polar surface area (TPSA) is 68.5 Å². The van der Waals surface area contributed by atoms with Crippen molar-refractivity contribution >= 4 is 23.4 Å². The molecule has 28 heavy (non-hydrogen) atoms. The minimum atomic E-state index is 0.0491. The molecule has 4 rings (SSSR count). The van der Waals surface area contributed by atoms with Crippen LogP contribution >= 0.6 is 11.8 Å². The van der Waals surface area contributed by atoms with Crippen molar-refractivity contribution in [3.8, 4) is 5.75 Å². The normalized spacial score (nSPS) is 13.2. The van der Waals surface area contributed by atoms with Gasteiger partial charge < -0.3 is 14.1 Å². The maximum absolute atomic E-state index is 12.7. The van der Waals surface area contributed by atoms with Gasteiger partial charge in [0.25, 0.3) is 11.1 Å². The number of amides is 1. The van der Waals surface area contributed by atoms with Gasteiger partial charge in [0.2, 0.25) is 5.91 Å². The Bertz CT molecular complexity index is 973. The lowest BCUT2D eigenvalue weighted by Gasteiger charge is -2.29. The number of fused-ring (bicyclic) bond motifs is 1. The van der Waals surface area contributed by atoms with E-state index in [4.69, 9.17) is 9.15 Å². The van der Waals surface area contributed by atoms with Gasteiger partial charge in [0, 0.05) is 12.2 Å². The zero-order valence-electron chi connectivity index (χ0n) is 15.6. The van der Waals surface area contributed by atoms with Crippen LogP contribution in [0, 0.1) is 6.92 Å². The molecule has 0 spiro atoms. The molecule has 144 valence electrons. The van der Waals surface area contributed by atoms with Crippen molar-refractivity contribution in [1.82, 2.24) is 10.2 Å². The molecule has 1 amide bonds. The van der Waals surface area contributed by atoms with E-state index in [0.29, 0.717) is 11.1 Å². The molecule has 2 heterocycles. The Morgan fingerprint density at radius 3 is 2.89 bits per heavy atom. The highest BCUT2D eigenvalue weighted by Crippen LogP contribution is 2.28. The first-order valence-electron chi connectivity index (χ1n) is 9.22. The molecule has 2 aromatic carbocycles. The molecule has 0 radical (unpaired) electrons. The quantitative estimate of drug-likeness (QED) is 0.587. The van der Waals surface area contributed by atoms with E-state index in [9.17, 15) is 4.79 Å². The number of aryl methyl sites for hydroxylation is 2. The molecular weight excluding hydrogens is 374 g/mol. The van der Waals surface area contributed by atoms with Gasteiger partial charge in [-0.25, -0.2) is 0 Å². The molecule has 0 aliphatic carbocycles. The van der Waals surface area contributed by atoms with Crippen LogP contribution in [0.5, 0.6) is 5.75 Å². The summed E-state index contributed by atoms with van der Waals surface area (Å²) in [5.74, 6) is 1.48. The molecule has 3 aromatic rings. The van der Waals surface area contributed by atoms with Crippen molar-refractivity contribution in [2.24, 2.45) is 0 Å². The summed E-state index contributed by atoms with van der Waals surface area (Å²) < 4.78 is 11.3. The predicted octanol–water partition coefficient (Wildman–Crippen LogP) is 4.03. The van der Waals surface area contributed by atoms with Crippen LogP contribution in [-0.2, 0) is 17.8 Å². The lowest BCUT2D eigenvalue weighted by atomic mass is 10.0. The van der Waals surface area contributed by atoms with Crippen LogP contribution in [0.2, 0.25) is 0 Å². The molecule has 0 N–H and O–H groups in total. The van der Waals surface area contributed by atoms with E-state index >= 15 is 0 Å². The minimum absolute atomic E-state index is 0.0491. The number of rotatable bonds is 6. The fourth-order valence-corrected chi connectivity index (χ4v) is 3.86. The van der Waals surface area contributed by atoms with Gasteiger partial charge in [0.1, 0.15) is 5.75 Å². The largest absolute Gasteiger partial charge is 0.484 e. The summed E-state index contributed by atoms with van der Waals surface area (Å²) >= 11 is 1.26. The monoisotopic (exact) mass is 395 g/mol. The number of hydrogen-bond acceptors (Lipinski definition) is 6. The first kappa shape index (κ1) is 18.6. The van der Waals surface area contributed by atoms with Gasteiger partial charge >= 0.3 is 0 Å². The smallest absolute Gasteiger partial charge is 0.277 e. The van der Waals surface area contributed by atoms with E-state index < -0.39 is 0 Å². The number of ether oxygens (including phenoxy) is 1. The summed E-state index contributed by atoms with van der Waals surface area (Å²) in [7, 11) is 0. The van der Waals surface area contributed by atoms with Crippen molar-refractivity contribution in [1.29, 1.82) is 0 Å². The summed E-state index contributed by atoms with van der Waals surface area (Å²) in [6.45, 7) is 2.93. The van der Waals surface area contributed by atoms with E-state index in [1.54, 1.807) is 0 Å². The Hall–Kier alpha value is -2.80. The van der Waals surface area contributed by atoms with Gasteiger partial charge in [0.05, 0.1) is 5.75 Å². The second-order valence-corrected chi connectivity index (χ2v) is 7.51. The van der Waals surface area contributed by atoms with Crippen molar-refractivity contribution in [3.05, 3.63) is 65.5 Å². The summed E-state index contributed by atoms with van der Waals surface area (Å²) in [5.41, 5.74) is 3.28. The zero-order valence-corrected chi connectivity index (χ0v) is 16.4. The lowest BCUT2D eigenvalue weighted by Crippen LogP contribution is -2.36. The standard InChI is InChI=1S/C21H21N3O3S/c1-15-7-2-5-11-18(15)26-13-19-22-23-21(27-19)28-14-20(25)24-12-6-9-16-8-3-4-10-17(16)24/h2-5,7-8,10-11H,6,9,12-14H2,1H3. The van der Waals surface area contributed by atoms with Crippen molar-refractivity contribution in [3.63, 3.8) is 0 Å². The molecule has 0 saturated carbocycles. The highest BCUT2D eigenvalue weighted by Gasteiger charge is 2.22. The van der Waals surface area contributed by atoms with Gasteiger partial charge in [-0.3, -0.25) is 4.79 Å². The zero-order chi connectivity index (χ0) is 19.3. The number of nitrogens with zero attached hydrogens (tertiary/aromatic N) is 3. The average Bonchev–Trinajstić information content (AvgIpc) is 3.19. The molecule has 0 bridgehead atoms. The summed E-state index contributed by atoms with van der Waals surface area (Å²) in [5, 5.41) is 8.38. The van der Waals surface area contributed by atoms with Gasteiger partial charge in [0.15, 0.2) is 6.61 Å². The summed E-state index contributed by atoms with van der Waals surface area (Å²) in [4.78, 5) is 14.5. The lowest BCUT2D eigenvalue weighted by molar-refractivity contribution is -0.116. The first-order chi connectivity index (χ1) is 13.7. The Morgan fingerprint density at radius 2 is 2.00 bits per heavy atom. The maximum atomic E-state index is 12.7. The predicted molar refractivity (Wildman–Crippen MR) is 108 cm³/mol. The molecule has 6 nitrogen and oxygen atoms in total. The highest BCUT2D eigenvalue weighted by molar-refractivity contribution is 7.99. The van der Waals surface area contributed by atoms with Crippen LogP contribution < -0.4 is 9.64 Å². The third kappa shape index (κ3) is 4.20. The van der Waals surface area contributed by atoms with Crippen molar-refractivity contribution in [2.45, 2.75) is 31.6 Å². The second-order valence-electron chi connectivity index (χ2n) is 6.58. The fourth-order valence-electron chi connectivity index (χ4n) is 3.21. The van der Waals surface area contributed by atoms with Gasteiger partial charge in [-0.15, -0.1) is 10.2 Å². The molecule has 0 fully saturated rings. The minimum Gasteiger partial charge on any atom is -0.484 e. The second kappa shape index (κ2) is 8.48. The van der Waals surface area contributed by atoms with E-state index in [0.717, 1.165) is 36.4 Å². The molecule has 1 aliphatic rings. The third-order valence-corrected chi connectivity index (χ3v) is 5.43. The fraction of sp³-hybridized carbons (Fsp3) is 0.286. The van der Waals surface area contributed by atoms with Crippen LogP contribution in [-0.4, -0.2) is 28.4 Å². The number of anilines is 1. The molecule has 1 aliphatic heterocycles. The third-order valence-electron chi connectivity index (χ3n) is 4.62. The molecular formula is C21H21N3O3S. The number of carbonyl (C=O) groups is 1. The van der Waals surface area contributed by atoms with E-state index in [-0.39, 0.29) is 18.3 Å². The SMILES string of the molecule is Cc1ccccc1OCc1nnc(SCC(=O)N2CCCc3ccccc32)o1. The van der Waals surface area contributed by atoms with Crippen LogP contribution in [0.4, 0.5) is 5.69 Å². The van der Waals surface area contributed by atoms with Crippen molar-refractivity contribution < 1.29 is 13.9 Å². The van der Waals surface area contributed by atoms with Gasteiger partial charge in [-0.05, 0) is 43.0 Å². The molecule has 0 saturated heterocycles. The molecule has 7 heteroatoms. The number of hydrogen-bond donors (Lipinski definition) is 0.